The Bertz CT molecular complexity index is 2510. The third-order valence-electron chi connectivity index (χ3n) is 7.62. The van der Waals surface area contributed by atoms with E-state index in [1.54, 1.807) is 52.1 Å². The molecule has 0 aliphatic rings. The summed E-state index contributed by atoms with van der Waals surface area (Å²) in [4.78, 5) is 25.2. The number of nitrogens with zero attached hydrogens (tertiary/aromatic N) is 4. The lowest BCUT2D eigenvalue weighted by molar-refractivity contribution is -0.105. The minimum atomic E-state index is -0.615. The predicted molar refractivity (Wildman–Crippen MR) is 225 cm³/mol. The highest BCUT2D eigenvalue weighted by Gasteiger charge is 2.27. The van der Waals surface area contributed by atoms with Gasteiger partial charge in [-0.15, -0.1) is 22.9 Å². The van der Waals surface area contributed by atoms with Crippen LogP contribution < -0.4 is 5.73 Å². The van der Waals surface area contributed by atoms with E-state index in [2.05, 4.69) is 20.5 Å². The molecule has 4 heterocycles. The lowest BCUT2D eigenvalue weighted by Crippen LogP contribution is -2.11. The minimum absolute atomic E-state index is 0.0315. The summed E-state index contributed by atoms with van der Waals surface area (Å²) >= 11 is 29.1. The van der Waals surface area contributed by atoms with Crippen molar-refractivity contribution in [3.8, 4) is 44.3 Å². The molecule has 2 N–H and O–H groups in total. The molecule has 0 spiro atoms. The van der Waals surface area contributed by atoms with Crippen molar-refractivity contribution in [3.63, 3.8) is 0 Å². The van der Waals surface area contributed by atoms with Crippen LogP contribution in [-0.4, -0.2) is 50.2 Å². The minimum Gasteiger partial charge on any atom is -0.462 e. The predicted octanol–water partition coefficient (Wildman–Crippen LogP) is 11.7. The number of aldehydes is 1. The van der Waals surface area contributed by atoms with Crippen LogP contribution in [0.2, 0.25) is 15.1 Å². The standard InChI is InChI=1S/C13H8ClFN2OS.C13H11ClFNO3.C11H8ClFN2OS.C2H3ClO/c1-7-10(13-16-5-6-19-13)12(17-18-7)11-8(14)3-2-4-9(11)15;1-3-18-13(17)10-7(2)19-16-12(10)11-8(14)5-4-6-9(11)15;1-5-8(11(14)17)10(15-16-5)9-6(12)3-2-4-7(9)13;3-1-2-4/h2-6H,1H3;4-6H,3H2,1-2H3;2-4H,1H3,(H2,14,17);2H,1H2. The highest BCUT2D eigenvalue weighted by Crippen LogP contribution is 2.40. The van der Waals surface area contributed by atoms with Gasteiger partial charge in [0.15, 0.2) is 0 Å². The van der Waals surface area contributed by atoms with E-state index >= 15 is 0 Å². The zero-order valence-electron chi connectivity index (χ0n) is 31.1. The monoisotopic (exact) mass is 925 g/mol. The molecule has 0 amide bonds. The molecule has 0 bridgehead atoms. The number of hydrogen-bond acceptors (Lipinski definition) is 12. The molecular weight excluding hydrogens is 897 g/mol. The molecule has 7 aromatic rings. The maximum Gasteiger partial charge on any atom is 0.344 e. The maximum atomic E-state index is 14.0. The molecule has 0 saturated carbocycles. The summed E-state index contributed by atoms with van der Waals surface area (Å²) in [5.74, 6) is -0.729. The highest BCUT2D eigenvalue weighted by molar-refractivity contribution is 7.80. The summed E-state index contributed by atoms with van der Waals surface area (Å²) in [6.45, 7) is 6.85. The smallest absolute Gasteiger partial charge is 0.344 e. The number of aryl methyl sites for hydroxylation is 3. The van der Waals surface area contributed by atoms with Crippen LogP contribution in [0.5, 0.6) is 0 Å². The Balaban J connectivity index is 0.000000187. The van der Waals surface area contributed by atoms with Gasteiger partial charge in [-0.2, -0.15) is 0 Å². The first-order chi connectivity index (χ1) is 28.2. The zero-order chi connectivity index (χ0) is 43.4. The number of carbonyl (C=O) groups is 2. The largest absolute Gasteiger partial charge is 0.462 e. The number of nitrogens with two attached hydrogens (primary N) is 1. The van der Waals surface area contributed by atoms with Gasteiger partial charge in [0.25, 0.3) is 0 Å². The normalized spacial score (nSPS) is 10.4. The summed E-state index contributed by atoms with van der Waals surface area (Å²) in [7, 11) is 0. The second kappa shape index (κ2) is 21.8. The van der Waals surface area contributed by atoms with E-state index in [0.717, 1.165) is 5.01 Å². The first-order valence-electron chi connectivity index (χ1n) is 16.8. The number of esters is 1. The number of alkyl halides is 1. The number of aromatic nitrogens is 4. The van der Waals surface area contributed by atoms with E-state index in [-0.39, 0.29) is 66.9 Å². The van der Waals surface area contributed by atoms with Gasteiger partial charge >= 0.3 is 5.97 Å². The number of thiocarbonyl (C=S) groups is 1. The number of ether oxygens (including phenoxy) is 1. The number of thiazole rings is 1. The lowest BCUT2D eigenvalue weighted by atomic mass is 10.1. The molecule has 0 unspecified atom stereocenters. The van der Waals surface area contributed by atoms with E-state index in [1.807, 2.05) is 5.38 Å². The molecule has 0 radical (unpaired) electrons. The number of halogens is 7. The number of hydrogen-bond donors (Lipinski definition) is 1. The quantitative estimate of drug-likeness (QED) is 0.0666. The SMILES string of the molecule is CCOC(=O)c1c(-c2c(F)cccc2Cl)noc1C.Cc1onc(-c2c(F)cccc2Cl)c1-c1nccs1.Cc1onc(-c2c(F)cccc2Cl)c1C(N)=S.O=CCCl. The van der Waals surface area contributed by atoms with Gasteiger partial charge in [0, 0.05) is 11.6 Å². The molecule has 0 fully saturated rings. The Labute approximate surface area is 364 Å². The van der Waals surface area contributed by atoms with Crippen LogP contribution in [0.3, 0.4) is 0 Å². The van der Waals surface area contributed by atoms with Gasteiger partial charge < -0.3 is 28.8 Å². The molecule has 59 heavy (non-hydrogen) atoms. The Morgan fingerprint density at radius 3 is 1.59 bits per heavy atom. The molecule has 0 saturated heterocycles. The van der Waals surface area contributed by atoms with Crippen molar-refractivity contribution in [2.75, 3.05) is 12.5 Å². The molecule has 0 aliphatic carbocycles. The van der Waals surface area contributed by atoms with Gasteiger partial charge in [-0.1, -0.05) is 80.7 Å². The van der Waals surface area contributed by atoms with E-state index < -0.39 is 23.4 Å². The summed E-state index contributed by atoms with van der Waals surface area (Å²) < 4.78 is 61.6. The molecule has 20 heteroatoms. The molecule has 0 atom stereocenters. The number of carbonyl (C=O) groups excluding carboxylic acids is 2. The first-order valence-corrected chi connectivity index (χ1v) is 19.7. The Kier molecular flexibility index (Phi) is 17.2. The summed E-state index contributed by atoms with van der Waals surface area (Å²) in [6, 6.07) is 13.1. The van der Waals surface area contributed by atoms with Crippen molar-refractivity contribution in [1.29, 1.82) is 0 Å². The number of benzene rings is 3. The molecule has 4 aromatic heterocycles. The fourth-order valence-electron chi connectivity index (χ4n) is 5.13. The molecule has 7 rings (SSSR count). The second-order valence-electron chi connectivity index (χ2n) is 11.4. The van der Waals surface area contributed by atoms with Crippen molar-refractivity contribution in [2.24, 2.45) is 5.73 Å². The molecule has 0 aliphatic heterocycles. The van der Waals surface area contributed by atoms with E-state index in [4.69, 9.17) is 87.5 Å². The molecule has 308 valence electrons. The van der Waals surface area contributed by atoms with Crippen LogP contribution in [0, 0.1) is 38.2 Å². The van der Waals surface area contributed by atoms with Gasteiger partial charge in [0.05, 0.1) is 55.4 Å². The zero-order valence-corrected chi connectivity index (χ0v) is 35.8. The third kappa shape index (κ3) is 11.1. The van der Waals surface area contributed by atoms with E-state index in [1.165, 1.54) is 47.7 Å². The third-order valence-corrected chi connectivity index (χ3v) is 9.69. The van der Waals surface area contributed by atoms with Crippen molar-refractivity contribution in [2.45, 2.75) is 27.7 Å². The summed E-state index contributed by atoms with van der Waals surface area (Å²) in [5, 5.41) is 14.7. The Morgan fingerprint density at radius 2 is 1.19 bits per heavy atom. The van der Waals surface area contributed by atoms with Gasteiger partial charge in [-0.3, -0.25) is 0 Å². The van der Waals surface area contributed by atoms with Crippen molar-refractivity contribution >= 4 is 87.2 Å². The van der Waals surface area contributed by atoms with Crippen LogP contribution in [0.15, 0.2) is 79.7 Å². The van der Waals surface area contributed by atoms with Crippen LogP contribution in [0.25, 0.3) is 44.3 Å². The van der Waals surface area contributed by atoms with E-state index in [9.17, 15) is 18.0 Å². The van der Waals surface area contributed by atoms with Crippen LogP contribution in [0.4, 0.5) is 13.2 Å². The average Bonchev–Trinajstić information content (AvgIpc) is 4.00. The van der Waals surface area contributed by atoms with E-state index in [0.29, 0.717) is 39.7 Å². The Morgan fingerprint density at radius 1 is 0.763 bits per heavy atom. The summed E-state index contributed by atoms with van der Waals surface area (Å²) in [6.07, 6.45) is 2.32. The van der Waals surface area contributed by atoms with Crippen LogP contribution in [0.1, 0.15) is 40.1 Å². The van der Waals surface area contributed by atoms with Gasteiger partial charge in [-0.05, 0) is 64.1 Å². The van der Waals surface area contributed by atoms with Gasteiger partial charge in [-0.25, -0.2) is 22.9 Å². The molecular formula is C39H30Cl4F3N5O6S2. The van der Waals surface area contributed by atoms with Crippen LogP contribution >= 0.6 is 70.0 Å². The van der Waals surface area contributed by atoms with Gasteiger partial charge in [0.1, 0.15) is 73.7 Å². The first kappa shape index (κ1) is 46.6. The van der Waals surface area contributed by atoms with Crippen LogP contribution in [-0.2, 0) is 9.53 Å². The fraction of sp³-hybridized carbons (Fsp3) is 0.154. The fourth-order valence-corrected chi connectivity index (χ4v) is 6.86. The molecule has 11 nitrogen and oxygen atoms in total. The molecule has 3 aromatic carbocycles. The van der Waals surface area contributed by atoms with Gasteiger partial charge in [0.2, 0.25) is 0 Å². The number of rotatable bonds is 8. The van der Waals surface area contributed by atoms with Crippen molar-refractivity contribution in [1.82, 2.24) is 20.5 Å². The topological polar surface area (TPSA) is 160 Å². The second-order valence-corrected chi connectivity index (χ2v) is 14.3. The average molecular weight is 928 g/mol. The Hall–Kier alpha value is -5.10. The lowest BCUT2D eigenvalue weighted by Gasteiger charge is -2.05. The van der Waals surface area contributed by atoms with Crippen molar-refractivity contribution in [3.05, 3.63) is 127 Å². The summed E-state index contributed by atoms with van der Waals surface area (Å²) in [5.41, 5.74) is 7.84. The highest BCUT2D eigenvalue weighted by atomic mass is 35.5. The van der Waals surface area contributed by atoms with Crippen molar-refractivity contribution < 1.29 is 41.1 Å². The maximum absolute atomic E-state index is 14.0.